The van der Waals surface area contributed by atoms with Gasteiger partial charge in [0.15, 0.2) is 0 Å². The number of rotatable bonds is 4. The molecule has 0 radical (unpaired) electrons. The van der Waals surface area contributed by atoms with Gasteiger partial charge in [0.1, 0.15) is 17.1 Å². The number of carboxylic acids is 1. The second-order valence-corrected chi connectivity index (χ2v) is 4.48. The zero-order valence-corrected chi connectivity index (χ0v) is 11.2. The highest BCUT2D eigenvalue weighted by atomic mass is 16.4. The molecule has 0 aliphatic rings. The fourth-order valence-electron chi connectivity index (χ4n) is 1.93. The molecule has 5 heteroatoms. The van der Waals surface area contributed by atoms with Crippen molar-refractivity contribution in [3.05, 3.63) is 52.5 Å². The highest BCUT2D eigenvalue weighted by molar-refractivity contribution is 5.88. The van der Waals surface area contributed by atoms with Crippen molar-refractivity contribution >= 4 is 11.7 Å². The van der Waals surface area contributed by atoms with Crippen LogP contribution in [0.3, 0.4) is 0 Å². The average Bonchev–Trinajstić information content (AvgIpc) is 2.78. The number of anilines is 1. The number of aryl methyl sites for hydroxylation is 2. The molecule has 0 fully saturated rings. The highest BCUT2D eigenvalue weighted by Crippen LogP contribution is 2.18. The first-order chi connectivity index (χ1) is 9.51. The van der Waals surface area contributed by atoms with Gasteiger partial charge in [-0.1, -0.05) is 0 Å². The van der Waals surface area contributed by atoms with Gasteiger partial charge < -0.3 is 14.8 Å². The van der Waals surface area contributed by atoms with Gasteiger partial charge >= 0.3 is 5.97 Å². The van der Waals surface area contributed by atoms with Crippen molar-refractivity contribution < 1.29 is 14.3 Å². The van der Waals surface area contributed by atoms with Gasteiger partial charge in [0.2, 0.25) is 0 Å². The molecule has 0 unspecified atom stereocenters. The molecule has 5 nitrogen and oxygen atoms in total. The van der Waals surface area contributed by atoms with Crippen LogP contribution in [0.5, 0.6) is 0 Å². The van der Waals surface area contributed by atoms with E-state index < -0.39 is 5.97 Å². The molecule has 1 aromatic heterocycles. The summed E-state index contributed by atoms with van der Waals surface area (Å²) in [5.41, 5.74) is 2.56. The highest BCUT2D eigenvalue weighted by Gasteiger charge is 2.13. The molecule has 0 bridgehead atoms. The number of carboxylic acid groups (broad SMARTS) is 1. The number of furan rings is 1. The first-order valence-corrected chi connectivity index (χ1v) is 6.08. The number of hydrogen-bond acceptors (Lipinski definition) is 4. The Morgan fingerprint density at radius 1 is 1.40 bits per heavy atom. The fourth-order valence-corrected chi connectivity index (χ4v) is 1.93. The third-order valence-electron chi connectivity index (χ3n) is 3.01. The van der Waals surface area contributed by atoms with Crippen molar-refractivity contribution in [2.24, 2.45) is 0 Å². The smallest absolute Gasteiger partial charge is 0.339 e. The van der Waals surface area contributed by atoms with E-state index >= 15 is 0 Å². The van der Waals surface area contributed by atoms with Gasteiger partial charge in [0.25, 0.3) is 0 Å². The third kappa shape index (κ3) is 2.81. The van der Waals surface area contributed by atoms with E-state index in [0.717, 1.165) is 11.3 Å². The van der Waals surface area contributed by atoms with Crippen LogP contribution in [-0.2, 0) is 6.54 Å². The van der Waals surface area contributed by atoms with Crippen molar-refractivity contribution in [3.8, 4) is 6.07 Å². The largest absolute Gasteiger partial charge is 0.478 e. The number of aromatic carboxylic acids is 1. The summed E-state index contributed by atoms with van der Waals surface area (Å²) in [7, 11) is 0. The first-order valence-electron chi connectivity index (χ1n) is 6.08. The van der Waals surface area contributed by atoms with E-state index in [1.54, 1.807) is 19.1 Å². The van der Waals surface area contributed by atoms with Gasteiger partial charge in [-0.25, -0.2) is 4.79 Å². The summed E-state index contributed by atoms with van der Waals surface area (Å²) in [5.74, 6) is -0.0426. The van der Waals surface area contributed by atoms with Gasteiger partial charge in [-0.2, -0.15) is 5.26 Å². The van der Waals surface area contributed by atoms with Gasteiger partial charge in [-0.3, -0.25) is 0 Å². The molecule has 2 N–H and O–H groups in total. The van der Waals surface area contributed by atoms with E-state index in [4.69, 9.17) is 14.8 Å². The van der Waals surface area contributed by atoms with E-state index in [1.165, 1.54) is 6.07 Å². The van der Waals surface area contributed by atoms with Crippen LogP contribution in [-0.4, -0.2) is 11.1 Å². The molecule has 0 saturated carbocycles. The number of benzene rings is 1. The lowest BCUT2D eigenvalue weighted by atomic mass is 10.1. The molecule has 0 aliphatic carbocycles. The van der Waals surface area contributed by atoms with Crippen molar-refractivity contribution in [2.45, 2.75) is 20.4 Å². The van der Waals surface area contributed by atoms with Gasteiger partial charge in [-0.05, 0) is 43.7 Å². The molecule has 0 spiro atoms. The van der Waals surface area contributed by atoms with E-state index in [1.807, 2.05) is 13.0 Å². The van der Waals surface area contributed by atoms with Crippen LogP contribution >= 0.6 is 0 Å². The predicted octanol–water partition coefficient (Wildman–Crippen LogP) is 3.08. The molecular weight excluding hydrogens is 256 g/mol. The van der Waals surface area contributed by atoms with Crippen LogP contribution in [0.4, 0.5) is 5.69 Å². The van der Waals surface area contributed by atoms with Gasteiger partial charge in [-0.15, -0.1) is 0 Å². The second-order valence-electron chi connectivity index (χ2n) is 4.48. The summed E-state index contributed by atoms with van der Waals surface area (Å²) in [6.45, 7) is 3.88. The van der Waals surface area contributed by atoms with Gasteiger partial charge in [0.05, 0.1) is 18.2 Å². The maximum atomic E-state index is 10.9. The van der Waals surface area contributed by atoms with Crippen molar-refractivity contribution in [3.63, 3.8) is 0 Å². The zero-order valence-electron chi connectivity index (χ0n) is 11.2. The van der Waals surface area contributed by atoms with Crippen molar-refractivity contribution in [1.82, 2.24) is 0 Å². The Labute approximate surface area is 116 Å². The number of nitrogens with zero attached hydrogens (tertiary/aromatic N) is 1. The molecule has 0 aliphatic heterocycles. The van der Waals surface area contributed by atoms with Crippen LogP contribution in [0.15, 0.2) is 28.7 Å². The molecule has 20 heavy (non-hydrogen) atoms. The maximum Gasteiger partial charge on any atom is 0.339 e. The molecule has 102 valence electrons. The second kappa shape index (κ2) is 5.49. The van der Waals surface area contributed by atoms with E-state index in [2.05, 4.69) is 11.4 Å². The number of hydrogen-bond donors (Lipinski definition) is 2. The van der Waals surface area contributed by atoms with Crippen LogP contribution in [0.25, 0.3) is 0 Å². The summed E-state index contributed by atoms with van der Waals surface area (Å²) in [4.78, 5) is 10.9. The molecule has 1 heterocycles. The average molecular weight is 270 g/mol. The summed E-state index contributed by atoms with van der Waals surface area (Å²) in [6, 6.07) is 9.04. The van der Waals surface area contributed by atoms with Crippen molar-refractivity contribution in [1.29, 1.82) is 5.26 Å². The quantitative estimate of drug-likeness (QED) is 0.891. The monoisotopic (exact) mass is 270 g/mol. The topological polar surface area (TPSA) is 86.3 Å². The van der Waals surface area contributed by atoms with Crippen LogP contribution in [0.1, 0.15) is 33.0 Å². The van der Waals surface area contributed by atoms with E-state index in [0.29, 0.717) is 23.6 Å². The Kier molecular flexibility index (Phi) is 3.76. The molecule has 2 rings (SSSR count). The predicted molar refractivity (Wildman–Crippen MR) is 73.6 cm³/mol. The van der Waals surface area contributed by atoms with Crippen LogP contribution in [0, 0.1) is 25.2 Å². The SMILES string of the molecule is Cc1cc(NCc2cc(C(=O)O)c(C)o2)ccc1C#N. The lowest BCUT2D eigenvalue weighted by Crippen LogP contribution is -1.99. The summed E-state index contributed by atoms with van der Waals surface area (Å²) >= 11 is 0. The minimum Gasteiger partial charge on any atom is -0.478 e. The van der Waals surface area contributed by atoms with Crippen molar-refractivity contribution in [2.75, 3.05) is 5.32 Å². The van der Waals surface area contributed by atoms with Crippen LogP contribution in [0.2, 0.25) is 0 Å². The summed E-state index contributed by atoms with van der Waals surface area (Å²) < 4.78 is 5.38. The summed E-state index contributed by atoms with van der Waals surface area (Å²) in [5, 5.41) is 20.9. The van der Waals surface area contributed by atoms with E-state index in [-0.39, 0.29) is 5.56 Å². The minimum absolute atomic E-state index is 0.179. The molecule has 0 atom stereocenters. The summed E-state index contributed by atoms with van der Waals surface area (Å²) in [6.07, 6.45) is 0. The third-order valence-corrected chi connectivity index (χ3v) is 3.01. The normalized spacial score (nSPS) is 10.1. The number of nitriles is 1. The zero-order chi connectivity index (χ0) is 14.7. The minimum atomic E-state index is -0.994. The molecular formula is C15H14N2O3. The maximum absolute atomic E-state index is 10.9. The fraction of sp³-hybridized carbons (Fsp3) is 0.200. The Morgan fingerprint density at radius 3 is 2.70 bits per heavy atom. The Bertz CT molecular complexity index is 696. The lowest BCUT2D eigenvalue weighted by Gasteiger charge is -2.06. The Hall–Kier alpha value is -2.74. The number of nitrogens with one attached hydrogen (secondary N) is 1. The first kappa shape index (κ1) is 13.7. The molecule has 2 aromatic rings. The lowest BCUT2D eigenvalue weighted by molar-refractivity contribution is 0.0695. The van der Waals surface area contributed by atoms with Crippen LogP contribution < -0.4 is 5.32 Å². The standard InChI is InChI=1S/C15H14N2O3/c1-9-5-12(4-3-11(9)7-16)17-8-13-6-14(15(18)19)10(2)20-13/h3-6,17H,8H2,1-2H3,(H,18,19). The molecule has 0 saturated heterocycles. The van der Waals surface area contributed by atoms with E-state index in [9.17, 15) is 4.79 Å². The Morgan fingerprint density at radius 2 is 2.15 bits per heavy atom. The number of carbonyl (C=O) groups is 1. The molecule has 1 aromatic carbocycles. The Balaban J connectivity index is 2.09. The van der Waals surface area contributed by atoms with Gasteiger partial charge in [0, 0.05) is 5.69 Å². The molecule has 0 amide bonds.